The Morgan fingerprint density at radius 1 is 1.09 bits per heavy atom. The van der Waals surface area contributed by atoms with Gasteiger partial charge in [-0.05, 0) is 23.8 Å². The Hall–Kier alpha value is -2.75. The summed E-state index contributed by atoms with van der Waals surface area (Å²) in [5, 5.41) is 1.11. The lowest BCUT2D eigenvalue weighted by molar-refractivity contribution is -0.129. The van der Waals surface area contributed by atoms with Crippen LogP contribution in [0.5, 0.6) is 5.75 Å². The van der Waals surface area contributed by atoms with Crippen LogP contribution in [0.25, 0.3) is 10.9 Å². The van der Waals surface area contributed by atoms with Crippen LogP contribution in [-0.4, -0.2) is 36.0 Å². The molecule has 0 fully saturated rings. The highest BCUT2D eigenvalue weighted by Gasteiger charge is 2.12. The standard InChI is InChI=1S/C19H20N2O2/c1-21(11-12-23-16-7-3-2-4-8-16)19(22)13-15-14-20-18-10-6-5-9-17(15)18/h2-10,14,20H,11-13H2,1H3. The van der Waals surface area contributed by atoms with Crippen molar-refractivity contribution in [2.45, 2.75) is 6.42 Å². The number of benzene rings is 2. The number of rotatable bonds is 6. The van der Waals surface area contributed by atoms with Gasteiger partial charge in [-0.3, -0.25) is 4.79 Å². The van der Waals surface area contributed by atoms with E-state index in [-0.39, 0.29) is 5.91 Å². The largest absolute Gasteiger partial charge is 0.492 e. The summed E-state index contributed by atoms with van der Waals surface area (Å²) < 4.78 is 5.63. The number of H-pyrrole nitrogens is 1. The zero-order valence-electron chi connectivity index (χ0n) is 13.2. The molecule has 0 atom stereocenters. The zero-order valence-corrected chi connectivity index (χ0v) is 13.2. The topological polar surface area (TPSA) is 45.3 Å². The second-order valence-electron chi connectivity index (χ2n) is 5.51. The Balaban J connectivity index is 1.53. The highest BCUT2D eigenvalue weighted by Crippen LogP contribution is 2.18. The second kappa shape index (κ2) is 7.01. The van der Waals surface area contributed by atoms with Gasteiger partial charge in [0, 0.05) is 24.1 Å². The molecule has 1 amide bonds. The van der Waals surface area contributed by atoms with Crippen LogP contribution in [0.3, 0.4) is 0 Å². The van der Waals surface area contributed by atoms with Crippen molar-refractivity contribution < 1.29 is 9.53 Å². The first-order chi connectivity index (χ1) is 11.2. The Labute approximate surface area is 135 Å². The number of aromatic amines is 1. The molecule has 23 heavy (non-hydrogen) atoms. The third-order valence-electron chi connectivity index (χ3n) is 3.88. The van der Waals surface area contributed by atoms with E-state index in [9.17, 15) is 4.79 Å². The Kier molecular flexibility index (Phi) is 4.62. The number of fused-ring (bicyclic) bond motifs is 1. The van der Waals surface area contributed by atoms with Crippen LogP contribution in [-0.2, 0) is 11.2 Å². The van der Waals surface area contributed by atoms with Gasteiger partial charge in [-0.2, -0.15) is 0 Å². The van der Waals surface area contributed by atoms with Gasteiger partial charge in [0.05, 0.1) is 13.0 Å². The Bertz CT molecular complexity index is 780. The van der Waals surface area contributed by atoms with Crippen LogP contribution in [0.2, 0.25) is 0 Å². The molecular weight excluding hydrogens is 288 g/mol. The Morgan fingerprint density at radius 3 is 2.65 bits per heavy atom. The van der Waals surface area contributed by atoms with Crippen molar-refractivity contribution in [3.8, 4) is 5.75 Å². The summed E-state index contributed by atoms with van der Waals surface area (Å²) in [7, 11) is 1.81. The fraction of sp³-hybridized carbons (Fsp3) is 0.211. The number of likely N-dealkylation sites (N-methyl/N-ethyl adjacent to an activating group) is 1. The molecule has 0 bridgehead atoms. The molecule has 0 radical (unpaired) electrons. The first-order valence-electron chi connectivity index (χ1n) is 7.71. The van der Waals surface area contributed by atoms with Crippen molar-refractivity contribution in [2.24, 2.45) is 0 Å². The van der Waals surface area contributed by atoms with Crippen LogP contribution in [0, 0.1) is 0 Å². The fourth-order valence-corrected chi connectivity index (χ4v) is 2.52. The summed E-state index contributed by atoms with van der Waals surface area (Å²) in [5.74, 6) is 0.913. The van der Waals surface area contributed by atoms with E-state index in [1.54, 1.807) is 4.90 Å². The first kappa shape index (κ1) is 15.2. The molecule has 0 aliphatic carbocycles. The summed E-state index contributed by atoms with van der Waals surface area (Å²) in [6.45, 7) is 1.05. The van der Waals surface area contributed by atoms with Gasteiger partial charge in [-0.15, -0.1) is 0 Å². The number of para-hydroxylation sites is 2. The molecule has 0 aliphatic rings. The SMILES string of the molecule is CN(CCOc1ccccc1)C(=O)Cc1c[nH]c2ccccc12. The predicted octanol–water partition coefficient (Wildman–Crippen LogP) is 3.25. The minimum absolute atomic E-state index is 0.0893. The third kappa shape index (κ3) is 3.72. The molecule has 0 saturated heterocycles. The number of hydrogen-bond donors (Lipinski definition) is 1. The van der Waals surface area contributed by atoms with E-state index in [1.807, 2.05) is 67.8 Å². The van der Waals surface area contributed by atoms with E-state index in [4.69, 9.17) is 4.74 Å². The van der Waals surface area contributed by atoms with E-state index >= 15 is 0 Å². The molecule has 4 heteroatoms. The third-order valence-corrected chi connectivity index (χ3v) is 3.88. The van der Waals surface area contributed by atoms with Gasteiger partial charge in [0.1, 0.15) is 12.4 Å². The second-order valence-corrected chi connectivity index (χ2v) is 5.51. The minimum atomic E-state index is 0.0893. The molecule has 0 aliphatic heterocycles. The smallest absolute Gasteiger partial charge is 0.226 e. The van der Waals surface area contributed by atoms with Crippen LogP contribution in [0.1, 0.15) is 5.56 Å². The van der Waals surface area contributed by atoms with Crippen molar-refractivity contribution in [3.63, 3.8) is 0 Å². The average Bonchev–Trinajstić information content (AvgIpc) is 2.99. The van der Waals surface area contributed by atoms with Crippen LogP contribution in [0.15, 0.2) is 60.8 Å². The van der Waals surface area contributed by atoms with Gasteiger partial charge in [-0.25, -0.2) is 0 Å². The number of nitrogens with one attached hydrogen (secondary N) is 1. The maximum atomic E-state index is 12.4. The van der Waals surface area contributed by atoms with E-state index in [0.29, 0.717) is 19.6 Å². The molecule has 0 spiro atoms. The first-order valence-corrected chi connectivity index (χ1v) is 7.71. The number of nitrogens with zero attached hydrogens (tertiary/aromatic N) is 1. The number of amides is 1. The van der Waals surface area contributed by atoms with Gasteiger partial charge in [0.15, 0.2) is 0 Å². The van der Waals surface area contributed by atoms with E-state index in [1.165, 1.54) is 0 Å². The van der Waals surface area contributed by atoms with Crippen molar-refractivity contribution in [3.05, 3.63) is 66.4 Å². The number of carbonyl (C=O) groups is 1. The van der Waals surface area contributed by atoms with Crippen LogP contribution in [0.4, 0.5) is 0 Å². The quantitative estimate of drug-likeness (QED) is 0.760. The van der Waals surface area contributed by atoms with Gasteiger partial charge >= 0.3 is 0 Å². The maximum Gasteiger partial charge on any atom is 0.226 e. The molecule has 0 saturated carbocycles. The summed E-state index contributed by atoms with van der Waals surface area (Å²) >= 11 is 0. The highest BCUT2D eigenvalue weighted by atomic mass is 16.5. The van der Waals surface area contributed by atoms with Gasteiger partial charge in [0.25, 0.3) is 0 Å². The van der Waals surface area contributed by atoms with Gasteiger partial charge in [-0.1, -0.05) is 36.4 Å². The zero-order chi connectivity index (χ0) is 16.1. The molecule has 3 aromatic rings. The lowest BCUT2D eigenvalue weighted by Crippen LogP contribution is -2.32. The monoisotopic (exact) mass is 308 g/mol. The number of hydrogen-bond acceptors (Lipinski definition) is 2. The van der Waals surface area contributed by atoms with Crippen molar-refractivity contribution in [1.29, 1.82) is 0 Å². The van der Waals surface area contributed by atoms with E-state index in [0.717, 1.165) is 22.2 Å². The molecule has 4 nitrogen and oxygen atoms in total. The summed E-state index contributed by atoms with van der Waals surface area (Å²) in [6.07, 6.45) is 2.31. The van der Waals surface area contributed by atoms with E-state index in [2.05, 4.69) is 4.98 Å². The molecule has 1 heterocycles. The fourth-order valence-electron chi connectivity index (χ4n) is 2.52. The minimum Gasteiger partial charge on any atom is -0.492 e. The van der Waals surface area contributed by atoms with Crippen LogP contribution < -0.4 is 4.74 Å². The van der Waals surface area contributed by atoms with Gasteiger partial charge in [0.2, 0.25) is 5.91 Å². The molecule has 0 unspecified atom stereocenters. The average molecular weight is 308 g/mol. The van der Waals surface area contributed by atoms with Crippen LogP contribution >= 0.6 is 0 Å². The highest BCUT2D eigenvalue weighted by molar-refractivity contribution is 5.88. The summed E-state index contributed by atoms with van der Waals surface area (Å²) in [4.78, 5) is 17.3. The maximum absolute atomic E-state index is 12.4. The molecule has 2 aromatic carbocycles. The molecular formula is C19H20N2O2. The molecule has 118 valence electrons. The number of ether oxygens (including phenoxy) is 1. The molecule has 1 N–H and O–H groups in total. The molecule has 3 rings (SSSR count). The van der Waals surface area contributed by atoms with E-state index < -0.39 is 0 Å². The van der Waals surface area contributed by atoms with Gasteiger partial charge < -0.3 is 14.6 Å². The molecule has 1 aromatic heterocycles. The number of aromatic nitrogens is 1. The normalized spacial score (nSPS) is 10.7. The summed E-state index contributed by atoms with van der Waals surface area (Å²) in [6, 6.07) is 17.7. The lowest BCUT2D eigenvalue weighted by atomic mass is 10.1. The predicted molar refractivity (Wildman–Crippen MR) is 91.6 cm³/mol. The number of carbonyl (C=O) groups excluding carboxylic acids is 1. The van der Waals surface area contributed by atoms with Crippen molar-refractivity contribution in [2.75, 3.05) is 20.2 Å². The lowest BCUT2D eigenvalue weighted by Gasteiger charge is -2.17. The van der Waals surface area contributed by atoms with Crippen molar-refractivity contribution in [1.82, 2.24) is 9.88 Å². The van der Waals surface area contributed by atoms with Crippen molar-refractivity contribution >= 4 is 16.8 Å². The Morgan fingerprint density at radius 2 is 1.83 bits per heavy atom. The summed E-state index contributed by atoms with van der Waals surface area (Å²) in [5.41, 5.74) is 2.09.